The first-order chi connectivity index (χ1) is 6.18. The van der Waals surface area contributed by atoms with Crippen molar-refractivity contribution in [1.29, 1.82) is 0 Å². The van der Waals surface area contributed by atoms with Gasteiger partial charge in [-0.1, -0.05) is 0 Å². The van der Waals surface area contributed by atoms with Crippen LogP contribution in [0.3, 0.4) is 0 Å². The van der Waals surface area contributed by atoms with E-state index in [2.05, 4.69) is 4.98 Å². The van der Waals surface area contributed by atoms with Crippen molar-refractivity contribution < 1.29 is 9.50 Å². The van der Waals surface area contributed by atoms with Crippen LogP contribution in [0.1, 0.15) is 18.7 Å². The molecule has 1 N–H and O–H groups in total. The van der Waals surface area contributed by atoms with Gasteiger partial charge in [-0.3, -0.25) is 0 Å². The minimum Gasteiger partial charge on any atom is -0.387 e. The van der Waals surface area contributed by atoms with Gasteiger partial charge < -0.3 is 9.51 Å². The van der Waals surface area contributed by atoms with E-state index in [9.17, 15) is 9.50 Å². The van der Waals surface area contributed by atoms with Crippen molar-refractivity contribution in [1.82, 2.24) is 9.38 Å². The van der Waals surface area contributed by atoms with E-state index >= 15 is 0 Å². The minimum absolute atomic E-state index is 0.249. The number of rotatable bonds is 1. The smallest absolute Gasteiger partial charge is 0.173 e. The molecule has 0 bridgehead atoms. The Morgan fingerprint density at radius 2 is 2.38 bits per heavy atom. The number of halogens is 1. The molecule has 0 saturated carbocycles. The zero-order valence-corrected chi connectivity index (χ0v) is 7.11. The van der Waals surface area contributed by atoms with Gasteiger partial charge in [-0.05, 0) is 19.1 Å². The number of hydrogen-bond acceptors (Lipinski definition) is 2. The second-order valence-corrected chi connectivity index (χ2v) is 2.93. The van der Waals surface area contributed by atoms with Crippen LogP contribution in [0.5, 0.6) is 0 Å². The Kier molecular flexibility index (Phi) is 1.77. The van der Waals surface area contributed by atoms with Gasteiger partial charge >= 0.3 is 0 Å². The van der Waals surface area contributed by atoms with Crippen molar-refractivity contribution in [2.75, 3.05) is 0 Å². The molecule has 2 rings (SSSR count). The summed E-state index contributed by atoms with van der Waals surface area (Å²) in [5.41, 5.74) is 0.725. The third-order valence-electron chi connectivity index (χ3n) is 1.88. The lowest BCUT2D eigenvalue weighted by Gasteiger charge is -1.94. The van der Waals surface area contributed by atoms with Crippen LogP contribution >= 0.6 is 0 Å². The number of aromatic nitrogens is 2. The lowest BCUT2D eigenvalue weighted by atomic mass is 10.3. The Balaban J connectivity index is 2.68. The van der Waals surface area contributed by atoms with E-state index in [-0.39, 0.29) is 11.5 Å². The lowest BCUT2D eigenvalue weighted by Crippen LogP contribution is -1.89. The number of aliphatic hydroxyl groups excluding tert-OH is 1. The van der Waals surface area contributed by atoms with E-state index in [1.54, 1.807) is 29.8 Å². The summed E-state index contributed by atoms with van der Waals surface area (Å²) in [5.74, 6) is -0.380. The molecule has 0 saturated heterocycles. The van der Waals surface area contributed by atoms with Crippen LogP contribution in [0.25, 0.3) is 5.65 Å². The average molecular weight is 180 g/mol. The molecule has 13 heavy (non-hydrogen) atoms. The molecule has 2 heterocycles. The molecule has 0 radical (unpaired) electrons. The van der Waals surface area contributed by atoms with Gasteiger partial charge in [0.25, 0.3) is 0 Å². The van der Waals surface area contributed by atoms with E-state index < -0.39 is 6.10 Å². The first-order valence-corrected chi connectivity index (χ1v) is 3.99. The largest absolute Gasteiger partial charge is 0.387 e. The highest BCUT2D eigenvalue weighted by atomic mass is 19.1. The Bertz CT molecular complexity index is 436. The van der Waals surface area contributed by atoms with Gasteiger partial charge in [-0.25, -0.2) is 9.37 Å². The molecule has 0 aromatic carbocycles. The summed E-state index contributed by atoms with van der Waals surface area (Å²) in [6.45, 7) is 1.60. The number of imidazole rings is 1. The van der Waals surface area contributed by atoms with Crippen molar-refractivity contribution in [3.8, 4) is 0 Å². The van der Waals surface area contributed by atoms with Crippen LogP contribution in [-0.2, 0) is 0 Å². The number of nitrogens with zero attached hydrogens (tertiary/aromatic N) is 2. The normalized spacial score (nSPS) is 13.5. The molecular formula is C9H9FN2O. The van der Waals surface area contributed by atoms with Crippen LogP contribution in [-0.4, -0.2) is 14.5 Å². The standard InChI is InChI=1S/C9H9FN2O/c1-6(13)8-5-12-4-2-3-7(10)9(12)11-8/h2-6,13H,1H3. The highest BCUT2D eigenvalue weighted by molar-refractivity contribution is 5.41. The summed E-state index contributed by atoms with van der Waals surface area (Å²) in [4.78, 5) is 3.95. The third-order valence-corrected chi connectivity index (χ3v) is 1.88. The van der Waals surface area contributed by atoms with Gasteiger partial charge in [0.2, 0.25) is 0 Å². The minimum atomic E-state index is -0.667. The Labute approximate surface area is 74.5 Å². The highest BCUT2D eigenvalue weighted by Gasteiger charge is 2.08. The molecule has 4 heteroatoms. The maximum Gasteiger partial charge on any atom is 0.173 e. The molecule has 2 aromatic heterocycles. The summed E-state index contributed by atoms with van der Waals surface area (Å²) in [6, 6.07) is 2.93. The van der Waals surface area contributed by atoms with Crippen molar-refractivity contribution >= 4 is 5.65 Å². The Morgan fingerprint density at radius 3 is 3.00 bits per heavy atom. The SMILES string of the molecule is CC(O)c1cn2cccc(F)c2n1. The van der Waals surface area contributed by atoms with Crippen LogP contribution in [0.15, 0.2) is 24.5 Å². The van der Waals surface area contributed by atoms with Gasteiger partial charge in [0.15, 0.2) is 11.5 Å². The van der Waals surface area contributed by atoms with Crippen molar-refractivity contribution in [3.05, 3.63) is 36.0 Å². The number of pyridine rings is 1. The van der Waals surface area contributed by atoms with Gasteiger partial charge in [-0.2, -0.15) is 0 Å². The molecule has 0 amide bonds. The van der Waals surface area contributed by atoms with E-state index in [1.807, 2.05) is 0 Å². The van der Waals surface area contributed by atoms with Gasteiger partial charge in [0.05, 0.1) is 11.8 Å². The van der Waals surface area contributed by atoms with Crippen LogP contribution in [0, 0.1) is 5.82 Å². The second kappa shape index (κ2) is 2.81. The number of aliphatic hydroxyl groups is 1. The monoisotopic (exact) mass is 180 g/mol. The summed E-state index contributed by atoms with van der Waals surface area (Å²) in [7, 11) is 0. The van der Waals surface area contributed by atoms with Gasteiger partial charge in [0.1, 0.15) is 0 Å². The van der Waals surface area contributed by atoms with Crippen LogP contribution < -0.4 is 0 Å². The molecule has 0 spiro atoms. The molecule has 1 unspecified atom stereocenters. The molecule has 3 nitrogen and oxygen atoms in total. The number of fused-ring (bicyclic) bond motifs is 1. The summed E-state index contributed by atoms with van der Waals surface area (Å²) in [5, 5.41) is 9.22. The maximum absolute atomic E-state index is 13.1. The predicted molar refractivity (Wildman–Crippen MR) is 45.8 cm³/mol. The first kappa shape index (κ1) is 8.19. The molecule has 0 aliphatic rings. The molecule has 0 aliphatic heterocycles. The molecular weight excluding hydrogens is 171 g/mol. The van der Waals surface area contributed by atoms with Crippen molar-refractivity contribution in [2.24, 2.45) is 0 Å². The summed E-state index contributed by atoms with van der Waals surface area (Å²) >= 11 is 0. The molecule has 2 aromatic rings. The van der Waals surface area contributed by atoms with Crippen molar-refractivity contribution in [3.63, 3.8) is 0 Å². The van der Waals surface area contributed by atoms with E-state index in [1.165, 1.54) is 6.07 Å². The predicted octanol–water partition coefficient (Wildman–Crippen LogP) is 1.53. The quantitative estimate of drug-likeness (QED) is 0.722. The number of hydrogen-bond donors (Lipinski definition) is 1. The van der Waals surface area contributed by atoms with Gasteiger partial charge in [0, 0.05) is 12.4 Å². The molecule has 0 aliphatic carbocycles. The zero-order valence-electron chi connectivity index (χ0n) is 7.11. The summed E-state index contributed by atoms with van der Waals surface area (Å²) in [6.07, 6.45) is 2.64. The molecule has 1 atom stereocenters. The average Bonchev–Trinajstić information content (AvgIpc) is 2.49. The van der Waals surface area contributed by atoms with Crippen LogP contribution in [0.2, 0.25) is 0 Å². The Morgan fingerprint density at radius 1 is 1.62 bits per heavy atom. The molecule has 0 fully saturated rings. The second-order valence-electron chi connectivity index (χ2n) is 2.93. The first-order valence-electron chi connectivity index (χ1n) is 3.99. The zero-order chi connectivity index (χ0) is 9.42. The Hall–Kier alpha value is -1.42. The fourth-order valence-corrected chi connectivity index (χ4v) is 1.20. The lowest BCUT2D eigenvalue weighted by molar-refractivity contribution is 0.195. The topological polar surface area (TPSA) is 37.5 Å². The van der Waals surface area contributed by atoms with Crippen molar-refractivity contribution in [2.45, 2.75) is 13.0 Å². The fraction of sp³-hybridized carbons (Fsp3) is 0.222. The van der Waals surface area contributed by atoms with Gasteiger partial charge in [-0.15, -0.1) is 0 Å². The summed E-state index contributed by atoms with van der Waals surface area (Å²) < 4.78 is 14.7. The fourth-order valence-electron chi connectivity index (χ4n) is 1.20. The maximum atomic E-state index is 13.1. The highest BCUT2D eigenvalue weighted by Crippen LogP contribution is 2.14. The third kappa shape index (κ3) is 1.29. The molecule has 68 valence electrons. The van der Waals surface area contributed by atoms with E-state index in [4.69, 9.17) is 0 Å². The van der Waals surface area contributed by atoms with E-state index in [0.29, 0.717) is 5.69 Å². The van der Waals surface area contributed by atoms with E-state index in [0.717, 1.165) is 0 Å². The van der Waals surface area contributed by atoms with Crippen LogP contribution in [0.4, 0.5) is 4.39 Å².